The molecule has 0 aromatic heterocycles. The molecule has 0 aliphatic heterocycles. The van der Waals surface area contributed by atoms with Gasteiger partial charge < -0.3 is 5.32 Å². The van der Waals surface area contributed by atoms with Crippen molar-refractivity contribution in [3.63, 3.8) is 0 Å². The minimum Gasteiger partial charge on any atom is -0.313 e. The molecule has 4 heteroatoms. The third kappa shape index (κ3) is 3.64. The van der Waals surface area contributed by atoms with Gasteiger partial charge in [0.05, 0.1) is 0 Å². The van der Waals surface area contributed by atoms with E-state index >= 15 is 0 Å². The number of hydrogen-bond donors (Lipinski definition) is 1. The first-order valence-electron chi connectivity index (χ1n) is 6.38. The molecule has 0 aliphatic carbocycles. The molecule has 0 radical (unpaired) electrons. The molecular weight excluding hydrogens is 324 g/mol. The molecule has 0 spiro atoms. The van der Waals surface area contributed by atoms with E-state index in [4.69, 9.17) is 0 Å². The van der Waals surface area contributed by atoms with E-state index in [1.807, 2.05) is 26.1 Å². The van der Waals surface area contributed by atoms with Crippen molar-refractivity contribution in [1.82, 2.24) is 5.32 Å². The molecule has 0 saturated carbocycles. The van der Waals surface area contributed by atoms with Crippen LogP contribution in [0.4, 0.5) is 8.78 Å². The molecule has 1 unspecified atom stereocenters. The van der Waals surface area contributed by atoms with Gasteiger partial charge in [-0.1, -0.05) is 28.1 Å². The van der Waals surface area contributed by atoms with Gasteiger partial charge in [0, 0.05) is 10.5 Å². The minimum absolute atomic E-state index is 0.0519. The molecule has 0 bridgehead atoms. The number of aryl methyl sites for hydroxylation is 1. The summed E-state index contributed by atoms with van der Waals surface area (Å²) in [5.41, 5.74) is 3.03. The second kappa shape index (κ2) is 6.46. The van der Waals surface area contributed by atoms with E-state index in [-0.39, 0.29) is 6.04 Å². The number of rotatable bonds is 4. The third-order valence-electron chi connectivity index (χ3n) is 3.24. The smallest absolute Gasteiger partial charge is 0.159 e. The Kier molecular flexibility index (Phi) is 4.89. The molecule has 106 valence electrons. The van der Waals surface area contributed by atoms with Crippen molar-refractivity contribution >= 4 is 15.9 Å². The Bertz CT molecular complexity index is 593. The first-order valence-corrected chi connectivity index (χ1v) is 7.17. The molecule has 1 N–H and O–H groups in total. The molecule has 2 rings (SSSR count). The second-order valence-electron chi connectivity index (χ2n) is 4.86. The Morgan fingerprint density at radius 2 is 1.85 bits per heavy atom. The summed E-state index contributed by atoms with van der Waals surface area (Å²) in [5.74, 6) is -1.61. The highest BCUT2D eigenvalue weighted by molar-refractivity contribution is 9.10. The zero-order valence-electron chi connectivity index (χ0n) is 11.4. The fraction of sp³-hybridized carbons (Fsp3) is 0.250. The molecule has 20 heavy (non-hydrogen) atoms. The van der Waals surface area contributed by atoms with Gasteiger partial charge in [0.2, 0.25) is 0 Å². The summed E-state index contributed by atoms with van der Waals surface area (Å²) in [7, 11) is 1.86. The zero-order chi connectivity index (χ0) is 14.7. The lowest BCUT2D eigenvalue weighted by molar-refractivity contribution is 0.504. The molecule has 0 saturated heterocycles. The first kappa shape index (κ1) is 15.1. The van der Waals surface area contributed by atoms with Crippen molar-refractivity contribution in [3.05, 3.63) is 69.2 Å². The molecule has 0 aliphatic rings. The van der Waals surface area contributed by atoms with Crippen LogP contribution in [0.3, 0.4) is 0 Å². The molecule has 1 nitrogen and oxygen atoms in total. The second-order valence-corrected chi connectivity index (χ2v) is 5.77. The van der Waals surface area contributed by atoms with Gasteiger partial charge in [0.25, 0.3) is 0 Å². The van der Waals surface area contributed by atoms with Crippen LogP contribution in [0.25, 0.3) is 0 Å². The molecule has 0 amide bonds. The van der Waals surface area contributed by atoms with Crippen molar-refractivity contribution in [2.75, 3.05) is 7.05 Å². The summed E-state index contributed by atoms with van der Waals surface area (Å²) in [6.07, 6.45) is 0.601. The van der Waals surface area contributed by atoms with Gasteiger partial charge in [-0.15, -0.1) is 0 Å². The normalized spacial score (nSPS) is 12.4. The van der Waals surface area contributed by atoms with Crippen LogP contribution >= 0.6 is 15.9 Å². The molecule has 2 aromatic rings. The average molecular weight is 340 g/mol. The summed E-state index contributed by atoms with van der Waals surface area (Å²) >= 11 is 3.48. The van der Waals surface area contributed by atoms with Crippen molar-refractivity contribution in [2.24, 2.45) is 0 Å². The Balaban J connectivity index is 2.26. The van der Waals surface area contributed by atoms with Gasteiger partial charge in [-0.25, -0.2) is 8.78 Å². The first-order chi connectivity index (χ1) is 9.49. The average Bonchev–Trinajstić information content (AvgIpc) is 2.38. The number of hydrogen-bond acceptors (Lipinski definition) is 1. The van der Waals surface area contributed by atoms with Crippen LogP contribution in [0.5, 0.6) is 0 Å². The molecule has 2 aromatic carbocycles. The zero-order valence-corrected chi connectivity index (χ0v) is 13.0. The van der Waals surface area contributed by atoms with Gasteiger partial charge in [0.15, 0.2) is 11.6 Å². The maximum absolute atomic E-state index is 13.3. The number of halogens is 3. The lowest BCUT2D eigenvalue weighted by Gasteiger charge is -2.18. The number of benzene rings is 2. The predicted molar refractivity (Wildman–Crippen MR) is 80.7 cm³/mol. The van der Waals surface area contributed by atoms with Crippen LogP contribution < -0.4 is 5.32 Å². The quantitative estimate of drug-likeness (QED) is 0.862. The Morgan fingerprint density at radius 1 is 1.10 bits per heavy atom. The van der Waals surface area contributed by atoms with Crippen molar-refractivity contribution < 1.29 is 8.78 Å². The van der Waals surface area contributed by atoms with Gasteiger partial charge >= 0.3 is 0 Å². The van der Waals surface area contributed by atoms with Gasteiger partial charge in [-0.2, -0.15) is 0 Å². The van der Waals surface area contributed by atoms with Crippen LogP contribution in [-0.2, 0) is 6.42 Å². The SMILES string of the molecule is CNC(Cc1ccc(F)c(F)c1)c1cc(C)cc(Br)c1. The van der Waals surface area contributed by atoms with E-state index < -0.39 is 11.6 Å². The highest BCUT2D eigenvalue weighted by atomic mass is 79.9. The van der Waals surface area contributed by atoms with Crippen LogP contribution in [0, 0.1) is 18.6 Å². The molecule has 0 fully saturated rings. The van der Waals surface area contributed by atoms with E-state index in [1.54, 1.807) is 6.07 Å². The Labute approximate surface area is 126 Å². The molecule has 1 atom stereocenters. The summed E-state index contributed by atoms with van der Waals surface area (Å²) in [5, 5.41) is 3.22. The highest BCUT2D eigenvalue weighted by Gasteiger charge is 2.12. The Hall–Kier alpha value is -1.26. The maximum atomic E-state index is 13.3. The lowest BCUT2D eigenvalue weighted by Crippen LogP contribution is -2.19. The van der Waals surface area contributed by atoms with Gasteiger partial charge in [0.1, 0.15) is 0 Å². The van der Waals surface area contributed by atoms with Crippen molar-refractivity contribution in [2.45, 2.75) is 19.4 Å². The summed E-state index contributed by atoms with van der Waals surface area (Å²) < 4.78 is 27.2. The summed E-state index contributed by atoms with van der Waals surface area (Å²) in [6, 6.07) is 10.3. The van der Waals surface area contributed by atoms with E-state index in [0.29, 0.717) is 6.42 Å². The van der Waals surface area contributed by atoms with Crippen molar-refractivity contribution in [3.8, 4) is 0 Å². The molecular formula is C16H16BrF2N. The predicted octanol–water partition coefficient (Wildman–Crippen LogP) is 4.54. The standard InChI is InChI=1S/C16H16BrF2N/c1-10-5-12(9-13(17)6-10)16(20-2)8-11-3-4-14(18)15(19)7-11/h3-7,9,16,20H,8H2,1-2H3. The highest BCUT2D eigenvalue weighted by Crippen LogP contribution is 2.24. The van der Waals surface area contributed by atoms with Gasteiger partial charge in [-0.05, 0) is 61.3 Å². The number of likely N-dealkylation sites (N-methyl/N-ethyl adjacent to an activating group) is 1. The van der Waals surface area contributed by atoms with E-state index in [9.17, 15) is 8.78 Å². The van der Waals surface area contributed by atoms with E-state index in [1.165, 1.54) is 12.1 Å². The van der Waals surface area contributed by atoms with Crippen LogP contribution in [0.1, 0.15) is 22.7 Å². The van der Waals surface area contributed by atoms with Crippen LogP contribution in [-0.4, -0.2) is 7.05 Å². The largest absolute Gasteiger partial charge is 0.313 e. The topological polar surface area (TPSA) is 12.0 Å². The number of nitrogens with one attached hydrogen (secondary N) is 1. The van der Waals surface area contributed by atoms with Crippen LogP contribution in [0.2, 0.25) is 0 Å². The minimum atomic E-state index is -0.812. The van der Waals surface area contributed by atoms with Crippen molar-refractivity contribution in [1.29, 1.82) is 0 Å². The summed E-state index contributed by atoms with van der Waals surface area (Å²) in [6.45, 7) is 2.03. The monoisotopic (exact) mass is 339 g/mol. The summed E-state index contributed by atoms with van der Waals surface area (Å²) in [4.78, 5) is 0. The van der Waals surface area contributed by atoms with Gasteiger partial charge in [-0.3, -0.25) is 0 Å². The Morgan fingerprint density at radius 3 is 2.45 bits per heavy atom. The fourth-order valence-electron chi connectivity index (χ4n) is 2.25. The van der Waals surface area contributed by atoms with E-state index in [0.717, 1.165) is 21.2 Å². The lowest BCUT2D eigenvalue weighted by atomic mass is 9.97. The third-order valence-corrected chi connectivity index (χ3v) is 3.70. The van der Waals surface area contributed by atoms with E-state index in [2.05, 4.69) is 27.3 Å². The fourth-order valence-corrected chi connectivity index (χ4v) is 2.88. The maximum Gasteiger partial charge on any atom is 0.159 e. The van der Waals surface area contributed by atoms with Crippen LogP contribution in [0.15, 0.2) is 40.9 Å². The molecule has 0 heterocycles.